The molecule has 0 aromatic carbocycles. The van der Waals surface area contributed by atoms with Crippen molar-refractivity contribution in [3.8, 4) is 0 Å². The molecule has 0 amide bonds. The van der Waals surface area contributed by atoms with Gasteiger partial charge < -0.3 is 10.1 Å². The number of hydrogen-bond acceptors (Lipinski definition) is 4. The summed E-state index contributed by atoms with van der Waals surface area (Å²) in [5.74, 6) is 0. The van der Waals surface area contributed by atoms with Gasteiger partial charge in [0.05, 0.1) is 23.6 Å². The van der Waals surface area contributed by atoms with Crippen LogP contribution in [0.1, 0.15) is 17.7 Å². The smallest absolute Gasteiger partial charge is 0.0826 e. The Morgan fingerprint density at radius 2 is 2.69 bits per heavy atom. The number of thiazole rings is 1. The molecule has 1 aliphatic heterocycles. The molecule has 1 N–H and O–H groups in total. The summed E-state index contributed by atoms with van der Waals surface area (Å²) in [6.45, 7) is 2.69. The summed E-state index contributed by atoms with van der Waals surface area (Å²) in [5, 5.41) is 3.40. The van der Waals surface area contributed by atoms with Crippen LogP contribution in [0.15, 0.2) is 11.7 Å². The molecule has 0 spiro atoms. The predicted molar refractivity (Wildman–Crippen MR) is 52.8 cm³/mol. The van der Waals surface area contributed by atoms with E-state index in [1.54, 1.807) is 11.3 Å². The van der Waals surface area contributed by atoms with E-state index < -0.39 is 0 Å². The van der Waals surface area contributed by atoms with Crippen LogP contribution in [0, 0.1) is 0 Å². The van der Waals surface area contributed by atoms with Gasteiger partial charge in [-0.2, -0.15) is 0 Å². The summed E-state index contributed by atoms with van der Waals surface area (Å²) < 4.78 is 5.57. The van der Waals surface area contributed by atoms with Crippen molar-refractivity contribution in [2.75, 3.05) is 13.2 Å². The molecule has 72 valence electrons. The minimum absolute atomic E-state index is 0.577. The van der Waals surface area contributed by atoms with E-state index in [4.69, 9.17) is 4.74 Å². The number of hydrogen-bond donors (Lipinski definition) is 1. The van der Waals surface area contributed by atoms with Gasteiger partial charge in [0.2, 0.25) is 0 Å². The van der Waals surface area contributed by atoms with Gasteiger partial charge in [-0.1, -0.05) is 0 Å². The number of rotatable bonds is 4. The van der Waals surface area contributed by atoms with E-state index in [1.165, 1.54) is 17.7 Å². The molecule has 13 heavy (non-hydrogen) atoms. The highest BCUT2D eigenvalue weighted by Crippen LogP contribution is 2.09. The first-order valence-corrected chi connectivity index (χ1v) is 5.51. The number of ether oxygens (including phenoxy) is 1. The fourth-order valence-corrected chi connectivity index (χ4v) is 2.04. The van der Waals surface area contributed by atoms with Crippen LogP contribution < -0.4 is 5.32 Å². The third-order valence-electron chi connectivity index (χ3n) is 2.21. The number of nitrogens with one attached hydrogen (secondary N) is 1. The maximum Gasteiger partial charge on any atom is 0.0826 e. The lowest BCUT2D eigenvalue weighted by molar-refractivity contribution is 0.105. The summed E-state index contributed by atoms with van der Waals surface area (Å²) in [6.07, 6.45) is 4.41. The van der Waals surface area contributed by atoms with Gasteiger partial charge in [0.25, 0.3) is 0 Å². The quantitative estimate of drug-likeness (QED) is 0.794. The van der Waals surface area contributed by atoms with Crippen molar-refractivity contribution in [3.05, 3.63) is 16.6 Å². The second-order valence-electron chi connectivity index (χ2n) is 3.28. The Morgan fingerprint density at radius 3 is 3.38 bits per heavy atom. The topological polar surface area (TPSA) is 34.1 Å². The molecule has 0 radical (unpaired) electrons. The monoisotopic (exact) mass is 198 g/mol. The number of aromatic nitrogens is 1. The highest BCUT2D eigenvalue weighted by atomic mass is 32.1. The lowest BCUT2D eigenvalue weighted by Crippen LogP contribution is -2.26. The first-order chi connectivity index (χ1) is 6.45. The molecule has 1 fully saturated rings. The summed E-state index contributed by atoms with van der Waals surface area (Å²) in [6, 6.07) is 0.577. The average molecular weight is 198 g/mol. The first kappa shape index (κ1) is 9.12. The molecule has 0 bridgehead atoms. The van der Waals surface area contributed by atoms with Crippen molar-refractivity contribution in [2.45, 2.75) is 25.5 Å². The number of nitrogens with zero attached hydrogens (tertiary/aromatic N) is 1. The molecular weight excluding hydrogens is 184 g/mol. The van der Waals surface area contributed by atoms with E-state index >= 15 is 0 Å². The molecule has 0 aliphatic carbocycles. The molecule has 1 aromatic rings. The van der Waals surface area contributed by atoms with Crippen molar-refractivity contribution in [1.82, 2.24) is 10.3 Å². The van der Waals surface area contributed by atoms with Crippen molar-refractivity contribution in [3.63, 3.8) is 0 Å². The molecule has 0 unspecified atom stereocenters. The summed E-state index contributed by atoms with van der Waals surface area (Å²) >= 11 is 1.65. The Kier molecular flexibility index (Phi) is 3.29. The van der Waals surface area contributed by atoms with Gasteiger partial charge in [0, 0.05) is 12.2 Å². The molecule has 0 saturated carbocycles. The first-order valence-electron chi connectivity index (χ1n) is 4.63. The van der Waals surface area contributed by atoms with Gasteiger partial charge in [-0.05, 0) is 19.4 Å². The molecule has 1 aromatic heterocycles. The van der Waals surface area contributed by atoms with Gasteiger partial charge >= 0.3 is 0 Å². The minimum atomic E-state index is 0.577. The molecule has 1 saturated heterocycles. The maximum absolute atomic E-state index is 5.57. The predicted octanol–water partition coefficient (Wildman–Crippen LogP) is 1.41. The zero-order valence-corrected chi connectivity index (χ0v) is 8.35. The summed E-state index contributed by atoms with van der Waals surface area (Å²) in [4.78, 5) is 5.20. The fourth-order valence-electron chi connectivity index (χ4n) is 1.51. The zero-order chi connectivity index (χ0) is 8.93. The van der Waals surface area contributed by atoms with Gasteiger partial charge in [0.15, 0.2) is 0 Å². The Balaban J connectivity index is 1.63. The molecule has 4 heteroatoms. The summed E-state index contributed by atoms with van der Waals surface area (Å²) in [7, 11) is 0. The second kappa shape index (κ2) is 4.69. The van der Waals surface area contributed by atoms with Crippen molar-refractivity contribution < 1.29 is 4.74 Å². The largest absolute Gasteiger partial charge is 0.374 e. The standard InChI is InChI=1S/C9H14N2OS/c1-2-8(11-3-1)5-12-6-9-4-10-7-13-9/h4,7-8,11H,1-3,5-6H2/t8-/m1/s1. The van der Waals surface area contributed by atoms with E-state index in [0.717, 1.165) is 13.2 Å². The van der Waals surface area contributed by atoms with E-state index in [1.807, 2.05) is 11.7 Å². The Labute approximate surface area is 82.1 Å². The third kappa shape index (κ3) is 2.76. The highest BCUT2D eigenvalue weighted by Gasteiger charge is 2.13. The van der Waals surface area contributed by atoms with Crippen molar-refractivity contribution in [1.29, 1.82) is 0 Å². The van der Waals surface area contributed by atoms with E-state index in [-0.39, 0.29) is 0 Å². The van der Waals surface area contributed by atoms with Gasteiger partial charge in [-0.15, -0.1) is 11.3 Å². The Morgan fingerprint density at radius 1 is 1.69 bits per heavy atom. The zero-order valence-electron chi connectivity index (χ0n) is 7.53. The Bertz CT molecular complexity index is 232. The molecule has 3 nitrogen and oxygen atoms in total. The lowest BCUT2D eigenvalue weighted by atomic mass is 10.2. The van der Waals surface area contributed by atoms with Crippen LogP contribution in [0.3, 0.4) is 0 Å². The Hall–Kier alpha value is -0.450. The molecule has 1 aliphatic rings. The molecular formula is C9H14N2OS. The summed E-state index contributed by atoms with van der Waals surface area (Å²) in [5.41, 5.74) is 1.84. The van der Waals surface area contributed by atoms with Crippen molar-refractivity contribution in [2.24, 2.45) is 0 Å². The van der Waals surface area contributed by atoms with Crippen LogP contribution in [0.4, 0.5) is 0 Å². The maximum atomic E-state index is 5.57. The van der Waals surface area contributed by atoms with Crippen LogP contribution in [-0.4, -0.2) is 24.2 Å². The molecule has 2 rings (SSSR count). The van der Waals surface area contributed by atoms with Gasteiger partial charge in [-0.25, -0.2) is 0 Å². The highest BCUT2D eigenvalue weighted by molar-refractivity contribution is 7.09. The van der Waals surface area contributed by atoms with Crippen LogP contribution in [0.25, 0.3) is 0 Å². The van der Waals surface area contributed by atoms with E-state index in [9.17, 15) is 0 Å². The lowest BCUT2D eigenvalue weighted by Gasteiger charge is -2.09. The van der Waals surface area contributed by atoms with Crippen molar-refractivity contribution >= 4 is 11.3 Å². The van der Waals surface area contributed by atoms with Crippen LogP contribution >= 0.6 is 11.3 Å². The molecule has 1 atom stereocenters. The normalized spacial score (nSPS) is 22.3. The van der Waals surface area contributed by atoms with Crippen LogP contribution in [0.5, 0.6) is 0 Å². The van der Waals surface area contributed by atoms with E-state index in [2.05, 4.69) is 10.3 Å². The minimum Gasteiger partial charge on any atom is -0.374 e. The third-order valence-corrected chi connectivity index (χ3v) is 2.96. The second-order valence-corrected chi connectivity index (χ2v) is 4.25. The van der Waals surface area contributed by atoms with Crippen LogP contribution in [-0.2, 0) is 11.3 Å². The van der Waals surface area contributed by atoms with Gasteiger partial charge in [0.1, 0.15) is 0 Å². The molecule has 2 heterocycles. The average Bonchev–Trinajstić information content (AvgIpc) is 2.75. The van der Waals surface area contributed by atoms with Gasteiger partial charge in [-0.3, -0.25) is 4.98 Å². The van der Waals surface area contributed by atoms with Crippen LogP contribution in [0.2, 0.25) is 0 Å². The SMILES string of the molecule is c1ncc(COC[C@H]2CCCN2)s1. The fraction of sp³-hybridized carbons (Fsp3) is 0.667. The van der Waals surface area contributed by atoms with E-state index in [0.29, 0.717) is 12.6 Å².